The molecule has 94 valence electrons. The summed E-state index contributed by atoms with van der Waals surface area (Å²) in [5.41, 5.74) is 0.642. The van der Waals surface area contributed by atoms with Crippen LogP contribution in [0.5, 0.6) is 0 Å². The Hall–Kier alpha value is -1.36. The summed E-state index contributed by atoms with van der Waals surface area (Å²) in [6.45, 7) is 0. The first-order valence-corrected chi connectivity index (χ1v) is 6.16. The van der Waals surface area contributed by atoms with E-state index in [-0.39, 0.29) is 5.91 Å². The van der Waals surface area contributed by atoms with E-state index in [2.05, 4.69) is 15.7 Å². The van der Waals surface area contributed by atoms with Crippen molar-refractivity contribution in [1.82, 2.24) is 20.4 Å². The number of hydrogen-bond acceptors (Lipinski definition) is 3. The minimum absolute atomic E-state index is 0.00833. The fraction of sp³-hybridized carbons (Fsp3) is 0.667. The van der Waals surface area contributed by atoms with Crippen LogP contribution in [0.1, 0.15) is 36.0 Å². The number of amides is 1. The minimum atomic E-state index is -0.00833. The molecule has 0 radical (unpaired) electrons. The van der Waals surface area contributed by atoms with Gasteiger partial charge in [-0.05, 0) is 32.7 Å². The van der Waals surface area contributed by atoms with Crippen LogP contribution in [-0.4, -0.2) is 34.8 Å². The Morgan fingerprint density at radius 2 is 2.00 bits per heavy atom. The molecule has 1 aromatic heterocycles. The Bertz CT molecular complexity index is 380. The zero-order chi connectivity index (χ0) is 12.3. The normalized spacial score (nSPS) is 24.6. The first kappa shape index (κ1) is 12.1. The summed E-state index contributed by atoms with van der Waals surface area (Å²) >= 11 is 0. The van der Waals surface area contributed by atoms with Crippen molar-refractivity contribution >= 4 is 5.91 Å². The van der Waals surface area contributed by atoms with Gasteiger partial charge in [0.1, 0.15) is 0 Å². The molecule has 0 bridgehead atoms. The third-order valence-electron chi connectivity index (χ3n) is 3.44. The van der Waals surface area contributed by atoms with E-state index in [1.54, 1.807) is 17.1 Å². The fourth-order valence-electron chi connectivity index (χ4n) is 2.33. The molecule has 0 aromatic carbocycles. The maximum absolute atomic E-state index is 11.9. The minimum Gasteiger partial charge on any atom is -0.349 e. The van der Waals surface area contributed by atoms with Gasteiger partial charge >= 0.3 is 0 Å². The third-order valence-corrected chi connectivity index (χ3v) is 3.44. The molecule has 5 heteroatoms. The van der Waals surface area contributed by atoms with Gasteiger partial charge in [0.25, 0.3) is 5.91 Å². The number of hydrogen-bond donors (Lipinski definition) is 2. The average Bonchev–Trinajstić information content (AvgIpc) is 2.77. The molecule has 0 spiro atoms. The van der Waals surface area contributed by atoms with Gasteiger partial charge in [-0.15, -0.1) is 0 Å². The van der Waals surface area contributed by atoms with Crippen LogP contribution in [0.25, 0.3) is 0 Å². The number of carbonyl (C=O) groups is 1. The average molecular weight is 236 g/mol. The second-order valence-corrected chi connectivity index (χ2v) is 4.71. The monoisotopic (exact) mass is 236 g/mol. The smallest absolute Gasteiger partial charge is 0.254 e. The summed E-state index contributed by atoms with van der Waals surface area (Å²) < 4.78 is 1.65. The first-order chi connectivity index (χ1) is 8.19. The van der Waals surface area contributed by atoms with Crippen LogP contribution in [0.15, 0.2) is 12.4 Å². The molecule has 1 saturated carbocycles. The molecule has 1 amide bonds. The predicted molar refractivity (Wildman–Crippen MR) is 65.8 cm³/mol. The lowest BCUT2D eigenvalue weighted by atomic mass is 9.91. The van der Waals surface area contributed by atoms with E-state index in [1.807, 2.05) is 14.1 Å². The van der Waals surface area contributed by atoms with Crippen molar-refractivity contribution in [1.29, 1.82) is 0 Å². The second kappa shape index (κ2) is 5.31. The summed E-state index contributed by atoms with van der Waals surface area (Å²) in [6, 6.07) is 0.925. The van der Waals surface area contributed by atoms with E-state index in [4.69, 9.17) is 0 Å². The van der Waals surface area contributed by atoms with Crippen molar-refractivity contribution in [3.05, 3.63) is 18.0 Å². The van der Waals surface area contributed by atoms with Crippen molar-refractivity contribution < 1.29 is 4.79 Å². The van der Waals surface area contributed by atoms with Crippen LogP contribution in [0, 0.1) is 0 Å². The van der Waals surface area contributed by atoms with Gasteiger partial charge in [-0.1, -0.05) is 0 Å². The summed E-state index contributed by atoms with van der Waals surface area (Å²) in [5.74, 6) is -0.00833. The molecule has 2 N–H and O–H groups in total. The third kappa shape index (κ3) is 3.06. The van der Waals surface area contributed by atoms with Crippen LogP contribution in [0.3, 0.4) is 0 Å². The van der Waals surface area contributed by atoms with Gasteiger partial charge in [0.2, 0.25) is 0 Å². The number of carbonyl (C=O) groups excluding carboxylic acids is 1. The van der Waals surface area contributed by atoms with E-state index in [1.165, 1.54) is 0 Å². The van der Waals surface area contributed by atoms with Crippen LogP contribution >= 0.6 is 0 Å². The quantitative estimate of drug-likeness (QED) is 0.811. The Balaban J connectivity index is 1.84. The summed E-state index contributed by atoms with van der Waals surface area (Å²) in [4.78, 5) is 11.9. The molecule has 2 rings (SSSR count). The molecule has 0 atom stereocenters. The Morgan fingerprint density at radius 3 is 2.53 bits per heavy atom. The van der Waals surface area contributed by atoms with Crippen LogP contribution in [0.4, 0.5) is 0 Å². The number of aromatic nitrogens is 2. The van der Waals surface area contributed by atoms with Crippen molar-refractivity contribution in [2.75, 3.05) is 7.05 Å². The number of nitrogens with zero attached hydrogens (tertiary/aromatic N) is 2. The number of rotatable bonds is 3. The SMILES string of the molecule is CNC1CCC(NC(=O)c2cnn(C)c2)CC1. The summed E-state index contributed by atoms with van der Waals surface area (Å²) in [5, 5.41) is 10.4. The number of nitrogens with one attached hydrogen (secondary N) is 2. The molecule has 1 aromatic rings. The molecule has 0 aliphatic heterocycles. The predicted octanol–water partition coefficient (Wildman–Crippen LogP) is 0.680. The largest absolute Gasteiger partial charge is 0.349 e. The Labute approximate surface area is 102 Å². The molecule has 1 aliphatic carbocycles. The van der Waals surface area contributed by atoms with Gasteiger partial charge in [-0.3, -0.25) is 9.48 Å². The van der Waals surface area contributed by atoms with Gasteiger partial charge < -0.3 is 10.6 Å². The van der Waals surface area contributed by atoms with Crippen molar-refractivity contribution in [3.63, 3.8) is 0 Å². The maximum atomic E-state index is 11.9. The molecule has 1 fully saturated rings. The van der Waals surface area contributed by atoms with E-state index in [0.717, 1.165) is 25.7 Å². The van der Waals surface area contributed by atoms with E-state index in [9.17, 15) is 4.79 Å². The molecule has 1 aliphatic rings. The molecule has 17 heavy (non-hydrogen) atoms. The molecule has 1 heterocycles. The van der Waals surface area contributed by atoms with Crippen molar-refractivity contribution in [3.8, 4) is 0 Å². The van der Waals surface area contributed by atoms with Gasteiger partial charge in [0, 0.05) is 25.3 Å². The van der Waals surface area contributed by atoms with Gasteiger partial charge in [0.05, 0.1) is 11.8 Å². The number of aryl methyl sites for hydroxylation is 1. The molecule has 5 nitrogen and oxygen atoms in total. The van der Waals surface area contributed by atoms with E-state index < -0.39 is 0 Å². The molecule has 0 unspecified atom stereocenters. The molecular formula is C12H20N4O. The highest BCUT2D eigenvalue weighted by Crippen LogP contribution is 2.18. The second-order valence-electron chi connectivity index (χ2n) is 4.71. The Kier molecular flexibility index (Phi) is 3.78. The lowest BCUT2D eigenvalue weighted by Crippen LogP contribution is -2.41. The van der Waals surface area contributed by atoms with Crippen molar-refractivity contribution in [2.24, 2.45) is 7.05 Å². The van der Waals surface area contributed by atoms with Crippen LogP contribution in [-0.2, 0) is 7.05 Å². The molecular weight excluding hydrogens is 216 g/mol. The van der Waals surface area contributed by atoms with Crippen molar-refractivity contribution in [2.45, 2.75) is 37.8 Å². The lowest BCUT2D eigenvalue weighted by molar-refractivity contribution is 0.0924. The summed E-state index contributed by atoms with van der Waals surface area (Å²) in [6.07, 6.45) is 7.72. The van der Waals surface area contributed by atoms with Crippen LogP contribution in [0.2, 0.25) is 0 Å². The summed E-state index contributed by atoms with van der Waals surface area (Å²) in [7, 11) is 3.81. The van der Waals surface area contributed by atoms with Gasteiger partial charge in [0.15, 0.2) is 0 Å². The lowest BCUT2D eigenvalue weighted by Gasteiger charge is -2.28. The Morgan fingerprint density at radius 1 is 1.35 bits per heavy atom. The topological polar surface area (TPSA) is 58.9 Å². The standard InChI is InChI=1S/C12H20N4O/c1-13-10-3-5-11(6-4-10)15-12(17)9-7-14-16(2)8-9/h7-8,10-11,13H,3-6H2,1-2H3,(H,15,17). The van der Waals surface area contributed by atoms with Gasteiger partial charge in [-0.2, -0.15) is 5.10 Å². The first-order valence-electron chi connectivity index (χ1n) is 6.16. The highest BCUT2D eigenvalue weighted by molar-refractivity contribution is 5.93. The highest BCUT2D eigenvalue weighted by atomic mass is 16.1. The highest BCUT2D eigenvalue weighted by Gasteiger charge is 2.21. The van der Waals surface area contributed by atoms with E-state index in [0.29, 0.717) is 17.6 Å². The fourth-order valence-corrected chi connectivity index (χ4v) is 2.33. The molecule has 0 saturated heterocycles. The maximum Gasteiger partial charge on any atom is 0.254 e. The zero-order valence-corrected chi connectivity index (χ0v) is 10.4. The van der Waals surface area contributed by atoms with E-state index >= 15 is 0 Å². The van der Waals surface area contributed by atoms with Crippen LogP contribution < -0.4 is 10.6 Å². The van der Waals surface area contributed by atoms with Gasteiger partial charge in [-0.25, -0.2) is 0 Å². The zero-order valence-electron chi connectivity index (χ0n) is 10.4.